The molecule has 35 heavy (non-hydrogen) atoms. The molecule has 8 heteroatoms. The highest BCUT2D eigenvalue weighted by atomic mass is 32.1. The van der Waals surface area contributed by atoms with Gasteiger partial charge in [0.05, 0.1) is 12.1 Å². The van der Waals surface area contributed by atoms with Gasteiger partial charge in [0.25, 0.3) is 0 Å². The molecule has 1 amide bonds. The molecule has 3 aromatic heterocycles. The molecule has 176 valence electrons. The minimum absolute atomic E-state index is 0.0791. The number of aromatic amines is 1. The average Bonchev–Trinajstić information content (AvgIpc) is 3.48. The van der Waals surface area contributed by atoms with Gasteiger partial charge in [-0.25, -0.2) is 0 Å². The van der Waals surface area contributed by atoms with Gasteiger partial charge in [0.15, 0.2) is 5.65 Å². The maximum absolute atomic E-state index is 12.2. The van der Waals surface area contributed by atoms with Crippen molar-refractivity contribution in [2.45, 2.75) is 38.5 Å². The third kappa shape index (κ3) is 6.36. The van der Waals surface area contributed by atoms with Gasteiger partial charge >= 0.3 is 0 Å². The van der Waals surface area contributed by atoms with E-state index in [1.54, 1.807) is 0 Å². The third-order valence-corrected chi connectivity index (χ3v) is 6.61. The van der Waals surface area contributed by atoms with Crippen LogP contribution < -0.4 is 5.32 Å². The Bertz CT molecular complexity index is 1400. The number of H-pyrrole nitrogens is 1. The van der Waals surface area contributed by atoms with E-state index in [9.17, 15) is 4.79 Å². The fourth-order valence-corrected chi connectivity index (χ4v) is 4.79. The van der Waals surface area contributed by atoms with Crippen LogP contribution in [-0.2, 0) is 30.5 Å². The summed E-state index contributed by atoms with van der Waals surface area (Å²) in [6, 6.07) is 24.3. The Morgan fingerprint density at radius 2 is 1.57 bits per heavy atom. The predicted molar refractivity (Wildman–Crippen MR) is 138 cm³/mol. The van der Waals surface area contributed by atoms with E-state index in [2.05, 4.69) is 67.1 Å². The maximum atomic E-state index is 12.2. The molecule has 2 aromatic carbocycles. The summed E-state index contributed by atoms with van der Waals surface area (Å²) in [4.78, 5) is 15.6. The molecule has 0 fully saturated rings. The molecule has 0 aliphatic carbocycles. The molecule has 0 saturated heterocycles. The van der Waals surface area contributed by atoms with Crippen LogP contribution in [0.1, 0.15) is 40.4 Å². The number of benzene rings is 2. The van der Waals surface area contributed by atoms with Crippen molar-refractivity contribution < 1.29 is 4.79 Å². The molecular formula is C27H26N6OS. The molecule has 0 aliphatic rings. The van der Waals surface area contributed by atoms with Gasteiger partial charge in [0, 0.05) is 23.9 Å². The summed E-state index contributed by atoms with van der Waals surface area (Å²) in [5.41, 5.74) is 5.20. The molecule has 0 unspecified atom stereocenters. The molecular weight excluding hydrogens is 456 g/mol. The van der Waals surface area contributed by atoms with Gasteiger partial charge < -0.3 is 10.3 Å². The summed E-state index contributed by atoms with van der Waals surface area (Å²) < 4.78 is 0. The number of amides is 1. The number of hydrogen-bond donors (Lipinski definition) is 2. The minimum Gasteiger partial charge on any atom is -0.341 e. The lowest BCUT2D eigenvalue weighted by Crippen LogP contribution is -2.14. The van der Waals surface area contributed by atoms with Crippen LogP contribution in [-0.4, -0.2) is 31.3 Å². The lowest BCUT2D eigenvalue weighted by atomic mass is 10.1. The van der Waals surface area contributed by atoms with Gasteiger partial charge in [-0.3, -0.25) is 4.79 Å². The number of carbonyl (C=O) groups excluding carboxylic acids is 1. The summed E-state index contributed by atoms with van der Waals surface area (Å²) in [6.45, 7) is 0. The Kier molecular flexibility index (Phi) is 7.19. The SMILES string of the molecule is O=C(Cc1ccccc1)Nc1nnc(CCCCc2cc3cc(Cc4ccccc4)[nH]c3nn2)s1. The van der Waals surface area contributed by atoms with Crippen molar-refractivity contribution in [3.05, 3.63) is 100 Å². The molecule has 5 aromatic rings. The van der Waals surface area contributed by atoms with Crippen molar-refractivity contribution >= 4 is 33.4 Å². The smallest absolute Gasteiger partial charge is 0.230 e. The van der Waals surface area contributed by atoms with E-state index in [0.717, 1.165) is 65.1 Å². The van der Waals surface area contributed by atoms with Gasteiger partial charge in [-0.15, -0.1) is 15.3 Å². The number of aryl methyl sites for hydroxylation is 2. The fourth-order valence-electron chi connectivity index (χ4n) is 4.00. The van der Waals surface area contributed by atoms with E-state index in [1.165, 1.54) is 16.9 Å². The first-order valence-electron chi connectivity index (χ1n) is 11.8. The highest BCUT2D eigenvalue weighted by Gasteiger charge is 2.10. The summed E-state index contributed by atoms with van der Waals surface area (Å²) in [6.07, 6.45) is 4.82. The summed E-state index contributed by atoms with van der Waals surface area (Å²) in [5.74, 6) is -0.0791. The minimum atomic E-state index is -0.0791. The topological polar surface area (TPSA) is 96.5 Å². The van der Waals surface area contributed by atoms with Gasteiger partial charge in [-0.05, 0) is 42.5 Å². The fraction of sp³-hybridized carbons (Fsp3) is 0.222. The summed E-state index contributed by atoms with van der Waals surface area (Å²) in [5, 5.41) is 22.5. The van der Waals surface area contributed by atoms with Gasteiger partial charge in [0.2, 0.25) is 11.0 Å². The van der Waals surface area contributed by atoms with E-state index in [-0.39, 0.29) is 5.91 Å². The van der Waals surface area contributed by atoms with Crippen molar-refractivity contribution in [1.82, 2.24) is 25.4 Å². The van der Waals surface area contributed by atoms with Crippen molar-refractivity contribution in [3.8, 4) is 0 Å². The Balaban J connectivity index is 1.08. The Labute approximate surface area is 207 Å². The van der Waals surface area contributed by atoms with Crippen LogP contribution in [0, 0.1) is 0 Å². The number of unbranched alkanes of at least 4 members (excludes halogenated alkanes) is 1. The highest BCUT2D eigenvalue weighted by Crippen LogP contribution is 2.20. The number of anilines is 1. The van der Waals surface area contributed by atoms with Crippen LogP contribution in [0.3, 0.4) is 0 Å². The largest absolute Gasteiger partial charge is 0.341 e. The van der Waals surface area contributed by atoms with Crippen LogP contribution in [0.5, 0.6) is 0 Å². The van der Waals surface area contributed by atoms with Crippen LogP contribution in [0.15, 0.2) is 72.8 Å². The summed E-state index contributed by atoms with van der Waals surface area (Å²) >= 11 is 1.44. The lowest BCUT2D eigenvalue weighted by molar-refractivity contribution is -0.115. The number of hydrogen-bond acceptors (Lipinski definition) is 6. The number of fused-ring (bicyclic) bond motifs is 1. The highest BCUT2D eigenvalue weighted by molar-refractivity contribution is 7.15. The Morgan fingerprint density at radius 1 is 0.829 bits per heavy atom. The second-order valence-electron chi connectivity index (χ2n) is 8.52. The molecule has 0 aliphatic heterocycles. The van der Waals surface area contributed by atoms with Crippen molar-refractivity contribution in [2.75, 3.05) is 5.32 Å². The van der Waals surface area contributed by atoms with Crippen LogP contribution in [0.4, 0.5) is 5.13 Å². The second-order valence-corrected chi connectivity index (χ2v) is 9.58. The van der Waals surface area contributed by atoms with E-state index in [0.29, 0.717) is 11.6 Å². The third-order valence-electron chi connectivity index (χ3n) is 5.71. The number of nitrogens with one attached hydrogen (secondary N) is 2. The number of carbonyl (C=O) groups is 1. The number of nitrogens with zero attached hydrogens (tertiary/aromatic N) is 4. The van der Waals surface area contributed by atoms with Gasteiger partial charge in [-0.2, -0.15) is 5.10 Å². The zero-order valence-electron chi connectivity index (χ0n) is 19.3. The van der Waals surface area contributed by atoms with E-state index < -0.39 is 0 Å². The molecule has 7 nitrogen and oxygen atoms in total. The van der Waals surface area contributed by atoms with Gasteiger partial charge in [-0.1, -0.05) is 72.0 Å². The molecule has 3 heterocycles. The predicted octanol–water partition coefficient (Wildman–Crippen LogP) is 5.15. The molecule has 0 bridgehead atoms. The summed E-state index contributed by atoms with van der Waals surface area (Å²) in [7, 11) is 0. The van der Waals surface area contributed by atoms with E-state index in [4.69, 9.17) is 0 Å². The van der Waals surface area contributed by atoms with E-state index in [1.807, 2.05) is 36.4 Å². The first kappa shape index (κ1) is 22.9. The van der Waals surface area contributed by atoms with Gasteiger partial charge in [0.1, 0.15) is 5.01 Å². The monoisotopic (exact) mass is 482 g/mol. The first-order chi connectivity index (χ1) is 17.2. The average molecular weight is 483 g/mol. The van der Waals surface area contributed by atoms with Crippen LogP contribution in [0.25, 0.3) is 11.0 Å². The van der Waals surface area contributed by atoms with E-state index >= 15 is 0 Å². The molecule has 2 N–H and O–H groups in total. The quantitative estimate of drug-likeness (QED) is 0.269. The Hall–Kier alpha value is -3.91. The van der Waals surface area contributed by atoms with Crippen molar-refractivity contribution in [1.29, 1.82) is 0 Å². The first-order valence-corrected chi connectivity index (χ1v) is 12.6. The Morgan fingerprint density at radius 3 is 2.37 bits per heavy atom. The zero-order valence-corrected chi connectivity index (χ0v) is 20.1. The van der Waals surface area contributed by atoms with Crippen molar-refractivity contribution in [3.63, 3.8) is 0 Å². The molecule has 5 rings (SSSR count). The molecule has 0 saturated carbocycles. The number of aromatic nitrogens is 5. The molecule has 0 spiro atoms. The normalized spacial score (nSPS) is 11.1. The molecule has 0 atom stereocenters. The van der Waals surface area contributed by atoms with Crippen LogP contribution in [0.2, 0.25) is 0 Å². The zero-order chi connectivity index (χ0) is 23.9. The van der Waals surface area contributed by atoms with Crippen molar-refractivity contribution in [2.24, 2.45) is 0 Å². The number of rotatable bonds is 10. The maximum Gasteiger partial charge on any atom is 0.230 e. The van der Waals surface area contributed by atoms with Crippen LogP contribution >= 0.6 is 11.3 Å². The standard InChI is InChI=1S/C27H26N6OS/c34-24(16-20-11-5-2-6-12-20)29-27-33-31-25(35-27)14-8-7-13-22-17-21-18-23(28-26(21)32-30-22)15-19-9-3-1-4-10-19/h1-6,9-12,17-18H,7-8,13-16H2,(H,28,32)(H,29,33,34). The second kappa shape index (κ2) is 11.0. The molecule has 0 radical (unpaired) electrons. The lowest BCUT2D eigenvalue weighted by Gasteiger charge is -2.01.